The van der Waals surface area contributed by atoms with Gasteiger partial charge < -0.3 is 19.3 Å². The van der Waals surface area contributed by atoms with E-state index in [1.807, 2.05) is 37.8 Å². The van der Waals surface area contributed by atoms with Gasteiger partial charge in [0.05, 0.1) is 17.7 Å². The van der Waals surface area contributed by atoms with Crippen LogP contribution in [0.15, 0.2) is 36.5 Å². The molecule has 7 nitrogen and oxygen atoms in total. The Balaban J connectivity index is 1.54. The van der Waals surface area contributed by atoms with Crippen molar-refractivity contribution in [1.29, 1.82) is 0 Å². The Hall–Kier alpha value is -3.16. The van der Waals surface area contributed by atoms with Gasteiger partial charge >= 0.3 is 5.97 Å². The molecule has 0 unspecified atom stereocenters. The average Bonchev–Trinajstić information content (AvgIpc) is 3.17. The molecule has 3 heterocycles. The Morgan fingerprint density at radius 2 is 1.90 bits per heavy atom. The molecule has 0 N–H and O–H groups in total. The highest BCUT2D eigenvalue weighted by Gasteiger charge is 2.31. The molecule has 0 radical (unpaired) electrons. The van der Waals surface area contributed by atoms with Crippen LogP contribution in [-0.2, 0) is 4.74 Å². The first-order valence-electron chi connectivity index (χ1n) is 10.4. The minimum absolute atomic E-state index is 0.311. The van der Waals surface area contributed by atoms with Crippen LogP contribution in [0.5, 0.6) is 5.75 Å². The summed E-state index contributed by atoms with van der Waals surface area (Å²) in [5.41, 5.74) is 1.06. The molecule has 2 aliphatic rings. The van der Waals surface area contributed by atoms with Gasteiger partial charge in [0.15, 0.2) is 17.9 Å². The van der Waals surface area contributed by atoms with E-state index in [1.54, 1.807) is 18.2 Å². The van der Waals surface area contributed by atoms with E-state index in [0.29, 0.717) is 55.2 Å². The van der Waals surface area contributed by atoms with Gasteiger partial charge in [0.25, 0.3) is 5.91 Å². The first-order valence-corrected chi connectivity index (χ1v) is 10.4. The Morgan fingerprint density at radius 1 is 1.16 bits per heavy atom. The van der Waals surface area contributed by atoms with Crippen LogP contribution in [0.1, 0.15) is 54.3 Å². The van der Waals surface area contributed by atoms with Crippen molar-refractivity contribution in [3.63, 3.8) is 0 Å². The smallest absolute Gasteiger partial charge is 0.338 e. The molecule has 1 fully saturated rings. The van der Waals surface area contributed by atoms with Gasteiger partial charge in [-0.05, 0) is 63.9 Å². The molecule has 4 rings (SSSR count). The van der Waals surface area contributed by atoms with Gasteiger partial charge in [-0.2, -0.15) is 0 Å². The molecule has 0 spiro atoms. The van der Waals surface area contributed by atoms with Crippen molar-refractivity contribution in [2.45, 2.75) is 45.5 Å². The van der Waals surface area contributed by atoms with Gasteiger partial charge in [-0.1, -0.05) is 0 Å². The number of esters is 1. The van der Waals surface area contributed by atoms with Crippen LogP contribution < -0.4 is 9.64 Å². The number of amides is 1. The summed E-state index contributed by atoms with van der Waals surface area (Å²) in [6.07, 6.45) is 1.25. The van der Waals surface area contributed by atoms with Gasteiger partial charge in [-0.25, -0.2) is 14.2 Å². The lowest BCUT2D eigenvalue weighted by Gasteiger charge is -2.30. The van der Waals surface area contributed by atoms with E-state index in [2.05, 4.69) is 4.98 Å². The van der Waals surface area contributed by atoms with Crippen LogP contribution in [0, 0.1) is 0 Å². The first-order chi connectivity index (χ1) is 14.7. The molecule has 1 atom stereocenters. The highest BCUT2D eigenvalue weighted by Crippen LogP contribution is 2.36. The maximum absolute atomic E-state index is 13.9. The number of anilines is 2. The van der Waals surface area contributed by atoms with Crippen molar-refractivity contribution in [2.24, 2.45) is 0 Å². The third-order valence-electron chi connectivity index (χ3n) is 5.16. The normalized spacial score (nSPS) is 18.4. The predicted molar refractivity (Wildman–Crippen MR) is 114 cm³/mol. The Labute approximate surface area is 180 Å². The van der Waals surface area contributed by atoms with Crippen molar-refractivity contribution in [3.05, 3.63) is 47.7 Å². The van der Waals surface area contributed by atoms with Crippen molar-refractivity contribution >= 4 is 23.4 Å². The summed E-state index contributed by atoms with van der Waals surface area (Å²) in [7, 11) is 0. The number of carbonyl (C=O) groups is 2. The lowest BCUT2D eigenvalue weighted by Crippen LogP contribution is -2.34. The van der Waals surface area contributed by atoms with E-state index < -0.39 is 11.9 Å². The van der Waals surface area contributed by atoms with E-state index >= 15 is 0 Å². The largest absolute Gasteiger partial charge is 0.488 e. The highest BCUT2D eigenvalue weighted by atomic mass is 19.1. The lowest BCUT2D eigenvalue weighted by molar-refractivity contribution is 0.00693. The molecule has 0 aliphatic carbocycles. The van der Waals surface area contributed by atoms with Gasteiger partial charge in [0.1, 0.15) is 12.2 Å². The van der Waals surface area contributed by atoms with Crippen molar-refractivity contribution in [2.75, 3.05) is 24.6 Å². The summed E-state index contributed by atoms with van der Waals surface area (Å²) in [5.74, 6) is 0.299. The average molecular weight is 427 g/mol. The fourth-order valence-electron chi connectivity index (χ4n) is 3.70. The van der Waals surface area contributed by atoms with E-state index in [4.69, 9.17) is 9.47 Å². The van der Waals surface area contributed by atoms with E-state index in [9.17, 15) is 14.0 Å². The number of fused-ring (bicyclic) bond motifs is 1. The standard InChI is InChI=1S/C23H26FN3O4/c1-23(2,3)31-22(29)15-6-8-17(9-7-15)26-11-12-30-18-13-16(14-25-20(18)26)21(28)27-10-4-5-19(27)24/h6-9,13-14,19H,4-5,10-12H2,1-3H3/t19-/m1/s1. The third-order valence-corrected chi connectivity index (χ3v) is 5.16. The zero-order valence-electron chi connectivity index (χ0n) is 17.9. The van der Waals surface area contributed by atoms with Crippen LogP contribution in [0.2, 0.25) is 0 Å². The summed E-state index contributed by atoms with van der Waals surface area (Å²) in [6, 6.07) is 8.70. The molecule has 1 aromatic heterocycles. The lowest BCUT2D eigenvalue weighted by atomic mass is 10.1. The second kappa shape index (κ2) is 8.17. The van der Waals surface area contributed by atoms with Gasteiger partial charge in [-0.15, -0.1) is 0 Å². The number of pyridine rings is 1. The van der Waals surface area contributed by atoms with Crippen LogP contribution >= 0.6 is 0 Å². The summed E-state index contributed by atoms with van der Waals surface area (Å²) in [4.78, 5) is 32.5. The topological polar surface area (TPSA) is 72.0 Å². The fraction of sp³-hybridized carbons (Fsp3) is 0.435. The van der Waals surface area contributed by atoms with Crippen molar-refractivity contribution in [1.82, 2.24) is 9.88 Å². The number of hydrogen-bond acceptors (Lipinski definition) is 6. The Kier molecular flexibility index (Phi) is 5.56. The third kappa shape index (κ3) is 4.47. The van der Waals surface area contributed by atoms with Crippen molar-refractivity contribution in [3.8, 4) is 5.75 Å². The molecule has 2 aromatic rings. The molecule has 1 amide bonds. The second-order valence-electron chi connectivity index (χ2n) is 8.67. The number of halogens is 1. The monoisotopic (exact) mass is 427 g/mol. The number of benzene rings is 1. The Morgan fingerprint density at radius 3 is 2.55 bits per heavy atom. The predicted octanol–water partition coefficient (Wildman–Crippen LogP) is 4.10. The quantitative estimate of drug-likeness (QED) is 0.543. The maximum atomic E-state index is 13.9. The number of nitrogens with zero attached hydrogens (tertiary/aromatic N) is 3. The van der Waals surface area contributed by atoms with Gasteiger partial charge in [-0.3, -0.25) is 4.79 Å². The zero-order chi connectivity index (χ0) is 22.2. The van der Waals surface area contributed by atoms with Crippen LogP contribution in [0.25, 0.3) is 0 Å². The minimum Gasteiger partial charge on any atom is -0.488 e. The number of hydrogen-bond donors (Lipinski definition) is 0. The molecule has 8 heteroatoms. The molecule has 0 bridgehead atoms. The zero-order valence-corrected chi connectivity index (χ0v) is 17.9. The second-order valence-corrected chi connectivity index (χ2v) is 8.67. The van der Waals surface area contributed by atoms with Crippen molar-refractivity contribution < 1.29 is 23.5 Å². The maximum Gasteiger partial charge on any atom is 0.338 e. The molecule has 1 aromatic carbocycles. The number of rotatable bonds is 3. The number of aromatic nitrogens is 1. The van der Waals surface area contributed by atoms with E-state index in [0.717, 1.165) is 5.69 Å². The van der Waals surface area contributed by atoms with E-state index in [-0.39, 0.29) is 11.9 Å². The fourth-order valence-corrected chi connectivity index (χ4v) is 3.70. The molecule has 164 valence electrons. The first kappa shape index (κ1) is 21.1. The molecular formula is C23H26FN3O4. The number of alkyl halides is 1. The summed E-state index contributed by atoms with van der Waals surface area (Å²) in [6.45, 7) is 6.87. The van der Waals surface area contributed by atoms with E-state index in [1.165, 1.54) is 11.1 Å². The van der Waals surface area contributed by atoms with Crippen LogP contribution in [0.4, 0.5) is 15.9 Å². The Bertz CT molecular complexity index is 987. The summed E-state index contributed by atoms with van der Waals surface area (Å²) in [5, 5.41) is 0. The van der Waals surface area contributed by atoms with Gasteiger partial charge in [0.2, 0.25) is 0 Å². The molecule has 2 aliphatic heterocycles. The molecule has 31 heavy (non-hydrogen) atoms. The van der Waals surface area contributed by atoms with Crippen LogP contribution in [-0.4, -0.2) is 53.4 Å². The van der Waals surface area contributed by atoms with Gasteiger partial charge in [0, 0.05) is 18.4 Å². The summed E-state index contributed by atoms with van der Waals surface area (Å²) >= 11 is 0. The molecule has 0 saturated carbocycles. The minimum atomic E-state index is -1.25. The van der Waals surface area contributed by atoms with Crippen LogP contribution in [0.3, 0.4) is 0 Å². The summed E-state index contributed by atoms with van der Waals surface area (Å²) < 4.78 is 25.1. The molecular weight excluding hydrogens is 401 g/mol. The number of likely N-dealkylation sites (tertiary alicyclic amines) is 1. The SMILES string of the molecule is CC(C)(C)OC(=O)c1ccc(N2CCOc3cc(C(=O)N4CCC[C@@H]4F)cnc32)cc1. The highest BCUT2D eigenvalue weighted by molar-refractivity contribution is 5.95. The number of ether oxygens (including phenoxy) is 2. The number of carbonyl (C=O) groups excluding carboxylic acids is 2. The molecule has 1 saturated heterocycles.